The van der Waals surface area contributed by atoms with Gasteiger partial charge in [-0.05, 0) is 62.5 Å². The van der Waals surface area contributed by atoms with E-state index >= 15 is 0 Å². The first kappa shape index (κ1) is 19.8. The Bertz CT molecular complexity index is 752. The molecule has 0 bridgehead atoms. The molecule has 4 aliphatic rings. The van der Waals surface area contributed by atoms with Crippen molar-refractivity contribution in [2.24, 2.45) is 34.5 Å². The Labute approximate surface area is 166 Å². The second-order valence-corrected chi connectivity index (χ2v) is 10.0. The third-order valence-corrected chi connectivity index (χ3v) is 8.31. The van der Waals surface area contributed by atoms with Crippen molar-refractivity contribution in [1.82, 2.24) is 0 Å². The second kappa shape index (κ2) is 6.53. The van der Waals surface area contributed by atoms with Crippen LogP contribution in [0.4, 0.5) is 0 Å². The summed E-state index contributed by atoms with van der Waals surface area (Å²) in [4.78, 5) is 24.0. The van der Waals surface area contributed by atoms with E-state index in [0.29, 0.717) is 18.3 Å². The smallest absolute Gasteiger partial charge is 0.334 e. The highest BCUT2D eigenvalue weighted by molar-refractivity contribution is 6.01. The Hall–Kier alpha value is -1.46. The third-order valence-electron chi connectivity index (χ3n) is 8.31. The number of aliphatic hydroxyl groups is 2. The van der Waals surface area contributed by atoms with E-state index < -0.39 is 18.2 Å². The summed E-state index contributed by atoms with van der Waals surface area (Å²) < 4.78 is 5.76. The van der Waals surface area contributed by atoms with Crippen molar-refractivity contribution in [3.05, 3.63) is 23.8 Å². The Morgan fingerprint density at radius 2 is 2.07 bits per heavy atom. The molecule has 5 nitrogen and oxygen atoms in total. The Morgan fingerprint density at radius 1 is 1.36 bits per heavy atom. The van der Waals surface area contributed by atoms with E-state index in [2.05, 4.69) is 20.8 Å². The van der Waals surface area contributed by atoms with Crippen LogP contribution in [0.25, 0.3) is 0 Å². The molecule has 4 aliphatic carbocycles. The van der Waals surface area contributed by atoms with Gasteiger partial charge in [-0.3, -0.25) is 4.79 Å². The van der Waals surface area contributed by atoms with Crippen LogP contribution in [0, 0.1) is 34.5 Å². The molecule has 2 N–H and O–H groups in total. The van der Waals surface area contributed by atoms with Crippen LogP contribution >= 0.6 is 0 Å². The van der Waals surface area contributed by atoms with Crippen molar-refractivity contribution in [1.29, 1.82) is 0 Å². The molecule has 154 valence electrons. The largest absolute Gasteiger partial charge is 0.460 e. The monoisotopic (exact) mass is 388 g/mol. The van der Waals surface area contributed by atoms with E-state index in [-0.39, 0.29) is 34.6 Å². The Morgan fingerprint density at radius 3 is 2.75 bits per heavy atom. The van der Waals surface area contributed by atoms with Crippen molar-refractivity contribution >= 4 is 11.8 Å². The van der Waals surface area contributed by atoms with Gasteiger partial charge in [0.15, 0.2) is 5.78 Å². The molecule has 4 rings (SSSR count). The molecule has 3 fully saturated rings. The molecule has 0 aromatic carbocycles. The van der Waals surface area contributed by atoms with Gasteiger partial charge in [-0.1, -0.05) is 32.4 Å². The molecule has 5 heteroatoms. The molecule has 3 saturated carbocycles. The fraction of sp³-hybridized carbons (Fsp3) is 0.739. The van der Waals surface area contributed by atoms with Gasteiger partial charge < -0.3 is 14.9 Å². The van der Waals surface area contributed by atoms with Crippen LogP contribution in [0.15, 0.2) is 23.8 Å². The Kier molecular flexibility index (Phi) is 4.63. The number of fused-ring (bicyclic) bond motifs is 5. The molecular formula is C23H32O5. The van der Waals surface area contributed by atoms with E-state index in [9.17, 15) is 19.8 Å². The lowest BCUT2D eigenvalue weighted by Gasteiger charge is -2.58. The quantitative estimate of drug-likeness (QED) is 0.711. The number of ether oxygens (including phenoxy) is 1. The molecule has 9 atom stereocenters. The maximum atomic E-state index is 12.1. The minimum Gasteiger partial charge on any atom is -0.460 e. The van der Waals surface area contributed by atoms with Crippen LogP contribution in [-0.4, -0.2) is 40.3 Å². The highest BCUT2D eigenvalue weighted by Gasteiger charge is 2.64. The van der Waals surface area contributed by atoms with E-state index in [1.54, 1.807) is 12.2 Å². The molecule has 0 spiro atoms. The zero-order valence-electron chi connectivity index (χ0n) is 17.2. The summed E-state index contributed by atoms with van der Waals surface area (Å²) in [5.41, 5.74) is 0.568. The summed E-state index contributed by atoms with van der Waals surface area (Å²) in [6, 6.07) is 0. The lowest BCUT2D eigenvalue weighted by Crippen LogP contribution is -2.57. The van der Waals surface area contributed by atoms with Crippen LogP contribution in [-0.2, 0) is 14.3 Å². The van der Waals surface area contributed by atoms with Crippen molar-refractivity contribution < 1.29 is 24.5 Å². The molecule has 0 saturated heterocycles. The van der Waals surface area contributed by atoms with Crippen LogP contribution < -0.4 is 0 Å². The van der Waals surface area contributed by atoms with Gasteiger partial charge in [0.25, 0.3) is 0 Å². The normalized spacial score (nSPS) is 48.2. The van der Waals surface area contributed by atoms with Crippen molar-refractivity contribution in [3.63, 3.8) is 0 Å². The van der Waals surface area contributed by atoms with Crippen LogP contribution in [0.1, 0.15) is 53.4 Å². The first-order valence-corrected chi connectivity index (χ1v) is 10.6. The molecular weight excluding hydrogens is 356 g/mol. The topological polar surface area (TPSA) is 83.8 Å². The number of aliphatic hydroxyl groups excluding tert-OH is 2. The maximum absolute atomic E-state index is 12.1. The number of hydrogen-bond acceptors (Lipinski definition) is 5. The number of carbonyl (C=O) groups excluding carboxylic acids is 2. The fourth-order valence-corrected chi connectivity index (χ4v) is 7.12. The zero-order chi connectivity index (χ0) is 20.4. The molecule has 28 heavy (non-hydrogen) atoms. The second-order valence-electron chi connectivity index (χ2n) is 10.0. The molecule has 0 radical (unpaired) electrons. The van der Waals surface area contributed by atoms with E-state index in [0.717, 1.165) is 24.8 Å². The van der Waals surface area contributed by atoms with Gasteiger partial charge in [-0.25, -0.2) is 4.79 Å². The van der Waals surface area contributed by atoms with Gasteiger partial charge in [0, 0.05) is 16.7 Å². The first-order chi connectivity index (χ1) is 13.1. The number of carbonyl (C=O) groups is 2. The fourth-order valence-electron chi connectivity index (χ4n) is 7.12. The minimum absolute atomic E-state index is 0.0423. The molecule has 0 amide bonds. The average molecular weight is 389 g/mol. The standard InChI is InChI=1S/C23H32O5/c1-12-9-17-16-6-5-14-10-15(25)7-8-22(14,3)19(16)18(26)11-23(17,4)20(12)28-21(27)13(2)24/h7-8,10,12-13,16-20,24,26H,5-6,9,11H2,1-4H3. The summed E-state index contributed by atoms with van der Waals surface area (Å²) in [6.45, 7) is 7.85. The number of esters is 1. The molecule has 0 aliphatic heterocycles. The molecule has 0 aromatic heterocycles. The van der Waals surface area contributed by atoms with E-state index in [1.807, 2.05) is 6.08 Å². The molecule has 0 aromatic rings. The number of ketones is 1. The lowest BCUT2D eigenvalue weighted by atomic mass is 9.47. The van der Waals surface area contributed by atoms with Crippen LogP contribution in [0.3, 0.4) is 0 Å². The zero-order valence-corrected chi connectivity index (χ0v) is 17.2. The van der Waals surface area contributed by atoms with Crippen LogP contribution in [0.5, 0.6) is 0 Å². The predicted molar refractivity (Wildman–Crippen MR) is 104 cm³/mol. The summed E-state index contributed by atoms with van der Waals surface area (Å²) >= 11 is 0. The van der Waals surface area contributed by atoms with Gasteiger partial charge >= 0.3 is 5.97 Å². The maximum Gasteiger partial charge on any atom is 0.334 e. The van der Waals surface area contributed by atoms with Crippen LogP contribution in [0.2, 0.25) is 0 Å². The van der Waals surface area contributed by atoms with Gasteiger partial charge in [-0.15, -0.1) is 0 Å². The summed E-state index contributed by atoms with van der Waals surface area (Å²) in [6.07, 6.45) is 6.84. The van der Waals surface area contributed by atoms with Gasteiger partial charge in [0.05, 0.1) is 6.10 Å². The lowest BCUT2D eigenvalue weighted by molar-refractivity contribution is -0.177. The Balaban J connectivity index is 1.67. The average Bonchev–Trinajstić information content (AvgIpc) is 2.86. The highest BCUT2D eigenvalue weighted by Crippen LogP contribution is 2.65. The third kappa shape index (κ3) is 2.73. The predicted octanol–water partition coefficient (Wildman–Crippen LogP) is 2.80. The summed E-state index contributed by atoms with van der Waals surface area (Å²) in [7, 11) is 0. The molecule has 9 unspecified atom stereocenters. The summed E-state index contributed by atoms with van der Waals surface area (Å²) in [5.74, 6) is 0.411. The first-order valence-electron chi connectivity index (χ1n) is 10.6. The van der Waals surface area contributed by atoms with Crippen molar-refractivity contribution in [2.75, 3.05) is 0 Å². The molecule has 0 heterocycles. The summed E-state index contributed by atoms with van der Waals surface area (Å²) in [5, 5.41) is 20.9. The van der Waals surface area contributed by atoms with E-state index in [4.69, 9.17) is 4.74 Å². The van der Waals surface area contributed by atoms with Gasteiger partial charge in [-0.2, -0.15) is 0 Å². The number of rotatable bonds is 2. The van der Waals surface area contributed by atoms with Crippen molar-refractivity contribution in [3.8, 4) is 0 Å². The van der Waals surface area contributed by atoms with Crippen molar-refractivity contribution in [2.45, 2.75) is 71.7 Å². The van der Waals surface area contributed by atoms with Gasteiger partial charge in [0.2, 0.25) is 0 Å². The minimum atomic E-state index is -1.14. The number of allylic oxidation sites excluding steroid dienone is 4. The highest BCUT2D eigenvalue weighted by atomic mass is 16.6. The van der Waals surface area contributed by atoms with Gasteiger partial charge in [0.1, 0.15) is 12.2 Å². The number of hydrogen-bond donors (Lipinski definition) is 2. The SMILES string of the molecule is CC(O)C(=O)OC1C(C)CC2C3CCC4=CC(=O)C=CC4(C)C3C(O)CC21C. The van der Waals surface area contributed by atoms with E-state index in [1.165, 1.54) is 6.92 Å².